The lowest BCUT2D eigenvalue weighted by atomic mass is 9.95. The molecule has 6 rings (SSSR count). The minimum Gasteiger partial charge on any atom is -0.348 e. The van der Waals surface area contributed by atoms with Crippen molar-refractivity contribution in [2.75, 3.05) is 32.7 Å². The fourth-order valence-corrected chi connectivity index (χ4v) is 6.03. The predicted molar refractivity (Wildman–Crippen MR) is 166 cm³/mol. The molecule has 0 spiro atoms. The van der Waals surface area contributed by atoms with Crippen LogP contribution in [0.4, 0.5) is 4.39 Å². The van der Waals surface area contributed by atoms with Gasteiger partial charge in [0.05, 0.1) is 31.3 Å². The molecular formula is C32H32ClFN8O3. The molecule has 2 fully saturated rings. The van der Waals surface area contributed by atoms with E-state index in [-0.39, 0.29) is 36.8 Å². The molecule has 11 nitrogen and oxygen atoms in total. The lowest BCUT2D eigenvalue weighted by Gasteiger charge is -2.42. The second kappa shape index (κ2) is 12.1. The number of nitrogens with zero attached hydrogens (tertiary/aromatic N) is 7. The molecule has 2 aliphatic rings. The summed E-state index contributed by atoms with van der Waals surface area (Å²) in [6.07, 6.45) is 5.77. The number of likely N-dealkylation sites (tertiary alicyclic amines) is 2. The first kappa shape index (κ1) is 30.4. The van der Waals surface area contributed by atoms with Crippen LogP contribution in [0.15, 0.2) is 53.7 Å². The summed E-state index contributed by atoms with van der Waals surface area (Å²) in [7, 11) is 1.81. The number of benzene rings is 1. The Morgan fingerprint density at radius 1 is 1.20 bits per heavy atom. The Morgan fingerprint density at radius 3 is 2.58 bits per heavy atom. The van der Waals surface area contributed by atoms with Gasteiger partial charge >= 0.3 is 0 Å². The van der Waals surface area contributed by atoms with Crippen molar-refractivity contribution in [3.05, 3.63) is 81.0 Å². The number of carbonyl (C=O) groups is 2. The zero-order valence-electron chi connectivity index (χ0n) is 25.0. The van der Waals surface area contributed by atoms with E-state index in [9.17, 15) is 24.0 Å². The summed E-state index contributed by atoms with van der Waals surface area (Å²) in [6.45, 7) is 3.04. The highest BCUT2D eigenvalue weighted by Crippen LogP contribution is 2.31. The lowest BCUT2D eigenvalue weighted by molar-refractivity contribution is -0.144. The molecule has 0 radical (unpaired) electrons. The van der Waals surface area contributed by atoms with E-state index in [1.165, 1.54) is 16.4 Å². The minimum atomic E-state index is -1.47. The predicted octanol–water partition coefficient (Wildman–Crippen LogP) is 2.95. The number of aromatic nitrogens is 4. The molecule has 2 aliphatic heterocycles. The first-order valence-electron chi connectivity index (χ1n) is 14.7. The van der Waals surface area contributed by atoms with Gasteiger partial charge in [0.25, 0.3) is 11.5 Å². The van der Waals surface area contributed by atoms with Gasteiger partial charge in [0.2, 0.25) is 5.91 Å². The van der Waals surface area contributed by atoms with Gasteiger partial charge in [0.15, 0.2) is 0 Å². The van der Waals surface area contributed by atoms with Gasteiger partial charge in [-0.05, 0) is 42.7 Å². The summed E-state index contributed by atoms with van der Waals surface area (Å²) < 4.78 is 17.1. The molecule has 0 aliphatic carbocycles. The van der Waals surface area contributed by atoms with Crippen molar-refractivity contribution in [2.24, 2.45) is 13.0 Å². The monoisotopic (exact) mass is 630 g/mol. The number of pyridine rings is 2. The number of hydrogen-bond acceptors (Lipinski definition) is 7. The Kier molecular flexibility index (Phi) is 8.16. The molecule has 0 saturated carbocycles. The van der Waals surface area contributed by atoms with Gasteiger partial charge in [0.1, 0.15) is 23.4 Å². The van der Waals surface area contributed by atoms with Gasteiger partial charge in [-0.2, -0.15) is 10.4 Å². The van der Waals surface area contributed by atoms with E-state index in [0.29, 0.717) is 36.5 Å². The van der Waals surface area contributed by atoms with Crippen molar-refractivity contribution in [1.29, 1.82) is 5.26 Å². The van der Waals surface area contributed by atoms with E-state index in [4.69, 9.17) is 11.6 Å². The van der Waals surface area contributed by atoms with Crippen LogP contribution >= 0.6 is 11.6 Å². The maximum absolute atomic E-state index is 14.2. The number of alkyl halides is 1. The average Bonchev–Trinajstić information content (AvgIpc) is 3.41. The van der Waals surface area contributed by atoms with Crippen molar-refractivity contribution in [2.45, 2.75) is 32.1 Å². The molecule has 0 atom stereocenters. The Morgan fingerprint density at radius 2 is 1.93 bits per heavy atom. The van der Waals surface area contributed by atoms with Gasteiger partial charge in [-0.1, -0.05) is 23.7 Å². The molecule has 4 aromatic rings. The molecule has 13 heteroatoms. The third-order valence-electron chi connectivity index (χ3n) is 8.36. The zero-order chi connectivity index (χ0) is 31.9. The third kappa shape index (κ3) is 6.32. The highest BCUT2D eigenvalue weighted by molar-refractivity contribution is 6.30. The summed E-state index contributed by atoms with van der Waals surface area (Å²) in [5, 5.41) is 17.5. The SMILES string of the molecule is Cn1cc(-c2cnc3c(cc(C(=O)NCc4ccc(Cl)cc4)c(=O)n3CC(=O)N3CC(C)(F)C3)c2CCN2CC(C#N)C2)cn1. The largest absolute Gasteiger partial charge is 0.348 e. The number of fused-ring (bicyclic) bond motifs is 1. The number of amides is 2. The molecule has 2 saturated heterocycles. The second-order valence-electron chi connectivity index (χ2n) is 12.0. The van der Waals surface area contributed by atoms with Crippen LogP contribution in [0.25, 0.3) is 22.2 Å². The zero-order valence-corrected chi connectivity index (χ0v) is 25.7. The lowest BCUT2D eigenvalue weighted by Crippen LogP contribution is -2.60. The van der Waals surface area contributed by atoms with E-state index in [1.54, 1.807) is 47.4 Å². The van der Waals surface area contributed by atoms with Crippen LogP contribution in [0.2, 0.25) is 5.02 Å². The van der Waals surface area contributed by atoms with Crippen molar-refractivity contribution in [3.8, 4) is 17.2 Å². The van der Waals surface area contributed by atoms with E-state index < -0.39 is 29.6 Å². The number of hydrogen-bond donors (Lipinski definition) is 1. The molecule has 0 unspecified atom stereocenters. The van der Waals surface area contributed by atoms with Crippen LogP contribution in [0.1, 0.15) is 28.4 Å². The fraction of sp³-hybridized carbons (Fsp3) is 0.375. The smallest absolute Gasteiger partial charge is 0.265 e. The van der Waals surface area contributed by atoms with Crippen LogP contribution in [0, 0.1) is 17.2 Å². The van der Waals surface area contributed by atoms with Crippen LogP contribution in [-0.2, 0) is 31.4 Å². The number of aryl methyl sites for hydroxylation is 1. The van der Waals surface area contributed by atoms with Crippen molar-refractivity contribution in [1.82, 2.24) is 34.4 Å². The van der Waals surface area contributed by atoms with Gasteiger partial charge in [-0.25, -0.2) is 9.37 Å². The number of carbonyl (C=O) groups excluding carboxylic acids is 2. The summed E-state index contributed by atoms with van der Waals surface area (Å²) >= 11 is 5.99. The fourth-order valence-electron chi connectivity index (χ4n) is 5.90. The molecule has 2 amide bonds. The van der Waals surface area contributed by atoms with E-state index in [2.05, 4.69) is 26.4 Å². The van der Waals surface area contributed by atoms with Crippen LogP contribution in [0.5, 0.6) is 0 Å². The van der Waals surface area contributed by atoms with Gasteiger partial charge in [-0.3, -0.25) is 23.6 Å². The standard InChI is InChI=1S/C32H32ClFN8O3/c1-32(34)18-41(19-32)28(43)17-42-29-25(9-26(31(42)45)30(44)37-11-20-3-5-23(33)6-4-20)24(7-8-40-14-21(10-35)15-40)27(13-36-29)22-12-38-39(2)16-22/h3-6,9,12-13,16,21H,7-8,11,14-15,17-19H2,1-2H3,(H,37,44). The highest BCUT2D eigenvalue weighted by atomic mass is 35.5. The molecular weight excluding hydrogens is 599 g/mol. The van der Waals surface area contributed by atoms with Crippen LogP contribution in [0.3, 0.4) is 0 Å². The number of rotatable bonds is 9. The second-order valence-corrected chi connectivity index (χ2v) is 12.5. The van der Waals surface area contributed by atoms with E-state index in [1.807, 2.05) is 13.2 Å². The summed E-state index contributed by atoms with van der Waals surface area (Å²) in [6, 6.07) is 10.8. The molecule has 232 valence electrons. The number of halogens is 2. The first-order chi connectivity index (χ1) is 21.5. The third-order valence-corrected chi connectivity index (χ3v) is 8.61. The molecule has 5 heterocycles. The van der Waals surface area contributed by atoms with E-state index >= 15 is 0 Å². The summed E-state index contributed by atoms with van der Waals surface area (Å²) in [4.78, 5) is 48.8. The van der Waals surface area contributed by atoms with Crippen molar-refractivity contribution >= 4 is 34.4 Å². The number of nitrogens with one attached hydrogen (secondary N) is 1. The quantitative estimate of drug-likeness (QED) is 0.301. The summed E-state index contributed by atoms with van der Waals surface area (Å²) in [5.74, 6) is -1.04. The van der Waals surface area contributed by atoms with Gasteiger partial charge in [-0.15, -0.1) is 0 Å². The molecule has 1 N–H and O–H groups in total. The topological polar surface area (TPSA) is 129 Å². The Bertz CT molecular complexity index is 1880. The minimum absolute atomic E-state index is 0.00297. The number of nitriles is 1. The molecule has 3 aromatic heterocycles. The molecule has 1 aromatic carbocycles. The maximum atomic E-state index is 14.2. The Labute approximate surface area is 263 Å². The Hall–Kier alpha value is -4.60. The molecule has 45 heavy (non-hydrogen) atoms. The van der Waals surface area contributed by atoms with Gasteiger partial charge in [0, 0.05) is 67.2 Å². The normalized spacial score (nSPS) is 16.2. The van der Waals surface area contributed by atoms with Crippen LogP contribution in [-0.4, -0.2) is 79.3 Å². The first-order valence-corrected chi connectivity index (χ1v) is 15.0. The average molecular weight is 631 g/mol. The highest BCUT2D eigenvalue weighted by Gasteiger charge is 2.41. The van der Waals surface area contributed by atoms with Crippen molar-refractivity contribution < 1.29 is 14.0 Å². The maximum Gasteiger partial charge on any atom is 0.265 e. The van der Waals surface area contributed by atoms with Crippen LogP contribution < -0.4 is 10.9 Å². The van der Waals surface area contributed by atoms with E-state index in [0.717, 1.165) is 22.3 Å². The summed E-state index contributed by atoms with van der Waals surface area (Å²) in [5.41, 5.74) is 1.20. The van der Waals surface area contributed by atoms with Crippen molar-refractivity contribution in [3.63, 3.8) is 0 Å². The Balaban J connectivity index is 1.43. The molecule has 0 bridgehead atoms. The van der Waals surface area contributed by atoms with Gasteiger partial charge < -0.3 is 15.1 Å².